The summed E-state index contributed by atoms with van der Waals surface area (Å²) in [5.41, 5.74) is 0.887. The summed E-state index contributed by atoms with van der Waals surface area (Å²) in [5, 5.41) is 13.6. The average Bonchev–Trinajstić information content (AvgIpc) is 2.62. The Morgan fingerprint density at radius 2 is 1.76 bits per heavy atom. The van der Waals surface area contributed by atoms with Crippen molar-refractivity contribution in [3.63, 3.8) is 0 Å². The van der Waals surface area contributed by atoms with Crippen LogP contribution in [-0.2, 0) is 0 Å². The normalized spacial score (nSPS) is 11.1. The minimum absolute atomic E-state index is 0.0497. The molecule has 2 aromatic heterocycles. The third-order valence-corrected chi connectivity index (χ3v) is 4.45. The molecule has 0 fully saturated rings. The fraction of sp³-hybridized carbons (Fsp3) is 0. The second-order valence-electron chi connectivity index (χ2n) is 5.70. The molecule has 0 unspecified atom stereocenters. The van der Waals surface area contributed by atoms with Gasteiger partial charge in [-0.1, -0.05) is 48.0 Å². The van der Waals surface area contributed by atoms with Crippen LogP contribution >= 0.6 is 11.6 Å². The number of benzene rings is 2. The molecule has 0 saturated carbocycles. The number of carbonyl (C=O) groups excluding carboxylic acids is 1. The van der Waals surface area contributed by atoms with E-state index in [1.165, 1.54) is 10.5 Å². The van der Waals surface area contributed by atoms with Gasteiger partial charge in [0, 0.05) is 27.7 Å². The molecule has 0 spiro atoms. The summed E-state index contributed by atoms with van der Waals surface area (Å²) < 4.78 is 1.34. The van der Waals surface area contributed by atoms with Crippen molar-refractivity contribution in [2.75, 3.05) is 0 Å². The number of pyridine rings is 2. The van der Waals surface area contributed by atoms with Gasteiger partial charge in [0.2, 0.25) is 0 Å². The van der Waals surface area contributed by atoms with E-state index in [1.54, 1.807) is 54.7 Å². The predicted molar refractivity (Wildman–Crippen MR) is 95.9 cm³/mol. The van der Waals surface area contributed by atoms with E-state index in [4.69, 9.17) is 11.6 Å². The molecular formula is C20H11ClNO3-. The second kappa shape index (κ2) is 5.76. The van der Waals surface area contributed by atoms with E-state index in [1.807, 2.05) is 6.07 Å². The highest BCUT2D eigenvalue weighted by molar-refractivity contribution is 6.31. The second-order valence-corrected chi connectivity index (χ2v) is 6.13. The van der Waals surface area contributed by atoms with E-state index in [2.05, 4.69) is 0 Å². The average molecular weight is 349 g/mol. The van der Waals surface area contributed by atoms with Gasteiger partial charge in [-0.15, -0.1) is 0 Å². The van der Waals surface area contributed by atoms with Gasteiger partial charge in [-0.2, -0.15) is 0 Å². The number of hydrogen-bond acceptors (Lipinski definition) is 3. The smallest absolute Gasteiger partial charge is 0.263 e. The molecule has 4 nitrogen and oxygen atoms in total. The first-order valence-electron chi connectivity index (χ1n) is 7.60. The van der Waals surface area contributed by atoms with E-state index < -0.39 is 5.97 Å². The predicted octanol–water partition coefficient (Wildman–Crippen LogP) is 3.14. The fourth-order valence-electron chi connectivity index (χ4n) is 3.07. The van der Waals surface area contributed by atoms with E-state index in [0.29, 0.717) is 21.5 Å². The molecule has 0 atom stereocenters. The lowest BCUT2D eigenvalue weighted by Crippen LogP contribution is -2.26. The van der Waals surface area contributed by atoms with Gasteiger partial charge in [-0.25, -0.2) is 0 Å². The SMILES string of the molecule is O=C([O-])c1cc(-c2ccccc2)c(=O)n2ccc3ccc(Cl)cc3c12. The van der Waals surface area contributed by atoms with Gasteiger partial charge in [0.15, 0.2) is 0 Å². The van der Waals surface area contributed by atoms with Gasteiger partial charge in [-0.05, 0) is 35.2 Å². The zero-order valence-electron chi connectivity index (χ0n) is 12.9. The molecule has 0 N–H and O–H groups in total. The van der Waals surface area contributed by atoms with Gasteiger partial charge in [0.25, 0.3) is 5.56 Å². The summed E-state index contributed by atoms with van der Waals surface area (Å²) in [6, 6.07) is 17.2. The molecule has 0 aliphatic rings. The monoisotopic (exact) mass is 348 g/mol. The van der Waals surface area contributed by atoms with Crippen LogP contribution in [0.15, 0.2) is 71.7 Å². The number of rotatable bonds is 2. The molecule has 0 amide bonds. The quantitative estimate of drug-likeness (QED) is 0.523. The summed E-state index contributed by atoms with van der Waals surface area (Å²) in [7, 11) is 0. The third kappa shape index (κ3) is 2.47. The molecule has 0 radical (unpaired) electrons. The molecule has 0 bridgehead atoms. The molecular weight excluding hydrogens is 338 g/mol. The lowest BCUT2D eigenvalue weighted by molar-refractivity contribution is -0.254. The minimum atomic E-state index is -1.35. The third-order valence-electron chi connectivity index (χ3n) is 4.21. The molecule has 2 heterocycles. The number of halogens is 1. The molecule has 2 aromatic carbocycles. The Morgan fingerprint density at radius 3 is 2.48 bits per heavy atom. The maximum atomic E-state index is 12.9. The van der Waals surface area contributed by atoms with Crippen molar-refractivity contribution in [1.82, 2.24) is 4.40 Å². The van der Waals surface area contributed by atoms with Crippen molar-refractivity contribution in [2.24, 2.45) is 0 Å². The largest absolute Gasteiger partial charge is 0.545 e. The lowest BCUT2D eigenvalue weighted by Gasteiger charge is -2.14. The van der Waals surface area contributed by atoms with E-state index in [-0.39, 0.29) is 16.6 Å². The van der Waals surface area contributed by atoms with Crippen LogP contribution in [0.1, 0.15) is 10.4 Å². The van der Waals surface area contributed by atoms with Crippen LogP contribution in [0.3, 0.4) is 0 Å². The molecule has 122 valence electrons. The Labute approximate surface area is 147 Å². The highest BCUT2D eigenvalue weighted by Crippen LogP contribution is 2.27. The number of hydrogen-bond donors (Lipinski definition) is 0. The number of aromatic nitrogens is 1. The van der Waals surface area contributed by atoms with Crippen molar-refractivity contribution in [3.8, 4) is 11.1 Å². The van der Waals surface area contributed by atoms with Crippen LogP contribution in [0.4, 0.5) is 0 Å². The Morgan fingerprint density at radius 1 is 1.00 bits per heavy atom. The van der Waals surface area contributed by atoms with Gasteiger partial charge in [0.05, 0.1) is 11.5 Å². The summed E-state index contributed by atoms with van der Waals surface area (Å²) >= 11 is 6.07. The van der Waals surface area contributed by atoms with Crippen LogP contribution in [0.5, 0.6) is 0 Å². The van der Waals surface area contributed by atoms with Crippen LogP contribution in [0, 0.1) is 0 Å². The summed E-state index contributed by atoms with van der Waals surface area (Å²) in [6.45, 7) is 0. The molecule has 0 saturated heterocycles. The standard InChI is InChI=1S/C20H12ClNO3/c21-14-7-6-13-8-9-22-18(15(13)10-14)17(20(24)25)11-16(19(22)23)12-4-2-1-3-5-12/h1-11H,(H,24,25)/p-1. The zero-order chi connectivity index (χ0) is 17.6. The Balaban J connectivity index is 2.21. The van der Waals surface area contributed by atoms with Gasteiger partial charge in [0.1, 0.15) is 0 Å². The molecule has 4 rings (SSSR count). The number of carboxylic acid groups (broad SMARTS) is 1. The molecule has 0 aliphatic heterocycles. The lowest BCUT2D eigenvalue weighted by atomic mass is 10.0. The zero-order valence-corrected chi connectivity index (χ0v) is 13.7. The fourth-order valence-corrected chi connectivity index (χ4v) is 3.24. The van der Waals surface area contributed by atoms with Crippen molar-refractivity contribution < 1.29 is 9.90 Å². The maximum Gasteiger partial charge on any atom is 0.263 e. The highest BCUT2D eigenvalue weighted by atomic mass is 35.5. The molecule has 0 aliphatic carbocycles. The molecule has 5 heteroatoms. The van der Waals surface area contributed by atoms with E-state index >= 15 is 0 Å². The highest BCUT2D eigenvalue weighted by Gasteiger charge is 2.14. The van der Waals surface area contributed by atoms with Crippen molar-refractivity contribution >= 4 is 33.9 Å². The van der Waals surface area contributed by atoms with Crippen LogP contribution in [0.25, 0.3) is 27.4 Å². The van der Waals surface area contributed by atoms with Crippen molar-refractivity contribution in [2.45, 2.75) is 0 Å². The van der Waals surface area contributed by atoms with E-state index in [9.17, 15) is 14.7 Å². The minimum Gasteiger partial charge on any atom is -0.545 e. The Kier molecular flexibility index (Phi) is 3.55. The first-order valence-corrected chi connectivity index (χ1v) is 7.98. The number of nitrogens with zero attached hydrogens (tertiary/aromatic N) is 1. The van der Waals surface area contributed by atoms with Crippen molar-refractivity contribution in [1.29, 1.82) is 0 Å². The molecule has 4 aromatic rings. The number of aromatic carboxylic acids is 1. The van der Waals surface area contributed by atoms with Crippen LogP contribution in [0.2, 0.25) is 5.02 Å². The number of carboxylic acids is 1. The Hall–Kier alpha value is -3.11. The topological polar surface area (TPSA) is 61.6 Å². The first kappa shape index (κ1) is 15.4. The van der Waals surface area contributed by atoms with Gasteiger partial charge in [-0.3, -0.25) is 9.20 Å². The summed E-state index contributed by atoms with van der Waals surface area (Å²) in [6.07, 6.45) is 1.58. The number of fused-ring (bicyclic) bond motifs is 3. The van der Waals surface area contributed by atoms with Crippen LogP contribution in [-0.4, -0.2) is 10.4 Å². The maximum absolute atomic E-state index is 12.9. The molecule has 25 heavy (non-hydrogen) atoms. The van der Waals surface area contributed by atoms with E-state index in [0.717, 1.165) is 5.39 Å². The summed E-state index contributed by atoms with van der Waals surface area (Å²) in [4.78, 5) is 24.7. The van der Waals surface area contributed by atoms with Crippen molar-refractivity contribution in [3.05, 3.63) is 87.8 Å². The van der Waals surface area contributed by atoms with Gasteiger partial charge < -0.3 is 9.90 Å². The number of carbonyl (C=O) groups is 1. The van der Waals surface area contributed by atoms with Crippen LogP contribution < -0.4 is 10.7 Å². The first-order chi connectivity index (χ1) is 12.1. The van der Waals surface area contributed by atoms with Gasteiger partial charge >= 0.3 is 0 Å². The summed E-state index contributed by atoms with van der Waals surface area (Å²) in [5.74, 6) is -1.35. The Bertz CT molecular complexity index is 1200.